The van der Waals surface area contributed by atoms with E-state index in [1.54, 1.807) is 24.3 Å². The molecule has 2 aromatic carbocycles. The van der Waals surface area contributed by atoms with E-state index in [1.165, 1.54) is 0 Å². The average molecular weight is 287 g/mol. The van der Waals surface area contributed by atoms with Crippen LogP contribution < -0.4 is 11.1 Å². The topological polar surface area (TPSA) is 78.9 Å². The third kappa shape index (κ3) is 3.34. The molecule has 0 aliphatic rings. The van der Waals surface area contributed by atoms with E-state index in [2.05, 4.69) is 5.32 Å². The maximum Gasteiger partial charge on any atom is 0.255 e. The second-order valence-electron chi connectivity index (χ2n) is 4.34. The van der Waals surface area contributed by atoms with Crippen molar-refractivity contribution in [2.45, 2.75) is 6.42 Å². The number of nitrogens with zero attached hydrogens (tertiary/aromatic N) is 1. The van der Waals surface area contributed by atoms with Crippen LogP contribution in [0.2, 0.25) is 0 Å². The molecule has 0 unspecified atom stereocenters. The Bertz CT molecular complexity index is 698. The van der Waals surface area contributed by atoms with Crippen LogP contribution in [0.15, 0.2) is 36.4 Å². The van der Waals surface area contributed by atoms with Crippen LogP contribution in [0.5, 0.6) is 0 Å². The Labute approximate surface area is 119 Å². The Morgan fingerprint density at radius 1 is 1.19 bits per heavy atom. The summed E-state index contributed by atoms with van der Waals surface area (Å²) in [5, 5.41) is 11.1. The Morgan fingerprint density at radius 3 is 2.29 bits per heavy atom. The predicted octanol–water partition coefficient (Wildman–Crippen LogP) is 2.87. The Kier molecular flexibility index (Phi) is 4.14. The lowest BCUT2D eigenvalue weighted by molar-refractivity contribution is 0.102. The highest BCUT2D eigenvalue weighted by Crippen LogP contribution is 2.18. The van der Waals surface area contributed by atoms with Crippen LogP contribution in [0.4, 0.5) is 20.2 Å². The van der Waals surface area contributed by atoms with Crippen molar-refractivity contribution in [1.29, 1.82) is 5.26 Å². The Hall–Kier alpha value is -2.94. The number of benzene rings is 2. The highest BCUT2D eigenvalue weighted by Gasteiger charge is 2.13. The largest absolute Gasteiger partial charge is 0.394 e. The van der Waals surface area contributed by atoms with Gasteiger partial charge in [0, 0.05) is 11.3 Å². The molecule has 0 saturated heterocycles. The quantitative estimate of drug-likeness (QED) is 0.852. The summed E-state index contributed by atoms with van der Waals surface area (Å²) in [6, 6.07) is 10.3. The summed E-state index contributed by atoms with van der Waals surface area (Å²) < 4.78 is 26.6. The van der Waals surface area contributed by atoms with Gasteiger partial charge in [0.25, 0.3) is 5.91 Å². The van der Waals surface area contributed by atoms with Gasteiger partial charge in [-0.2, -0.15) is 5.26 Å². The van der Waals surface area contributed by atoms with Gasteiger partial charge in [0.15, 0.2) is 0 Å². The van der Waals surface area contributed by atoms with Gasteiger partial charge in [-0.1, -0.05) is 12.1 Å². The first-order chi connectivity index (χ1) is 10.0. The van der Waals surface area contributed by atoms with Gasteiger partial charge < -0.3 is 11.1 Å². The maximum absolute atomic E-state index is 13.3. The molecule has 0 saturated carbocycles. The van der Waals surface area contributed by atoms with Gasteiger partial charge >= 0.3 is 0 Å². The molecule has 106 valence electrons. The number of halogens is 2. The predicted molar refractivity (Wildman–Crippen MR) is 74.5 cm³/mol. The minimum Gasteiger partial charge on any atom is -0.394 e. The maximum atomic E-state index is 13.3. The van der Waals surface area contributed by atoms with Crippen molar-refractivity contribution < 1.29 is 13.6 Å². The number of rotatable bonds is 3. The lowest BCUT2D eigenvalue weighted by atomic mass is 10.1. The van der Waals surface area contributed by atoms with E-state index in [9.17, 15) is 13.6 Å². The van der Waals surface area contributed by atoms with Crippen molar-refractivity contribution in [2.24, 2.45) is 0 Å². The second kappa shape index (κ2) is 6.01. The van der Waals surface area contributed by atoms with E-state index in [1.807, 2.05) is 6.07 Å². The molecule has 0 aromatic heterocycles. The summed E-state index contributed by atoms with van der Waals surface area (Å²) >= 11 is 0. The number of nitrogen functional groups attached to an aromatic ring is 1. The van der Waals surface area contributed by atoms with Crippen LogP contribution in [-0.2, 0) is 6.42 Å². The van der Waals surface area contributed by atoms with E-state index < -0.39 is 23.2 Å². The summed E-state index contributed by atoms with van der Waals surface area (Å²) in [5.74, 6) is -2.62. The highest BCUT2D eigenvalue weighted by molar-refractivity contribution is 6.04. The van der Waals surface area contributed by atoms with Gasteiger partial charge in [-0.05, 0) is 29.8 Å². The minimum atomic E-state index is -0.982. The summed E-state index contributed by atoms with van der Waals surface area (Å²) in [7, 11) is 0. The van der Waals surface area contributed by atoms with E-state index in [4.69, 9.17) is 11.0 Å². The monoisotopic (exact) mass is 287 g/mol. The molecule has 0 atom stereocenters. The van der Waals surface area contributed by atoms with E-state index in [0.29, 0.717) is 5.69 Å². The number of carbonyl (C=O) groups excluding carboxylic acids is 1. The van der Waals surface area contributed by atoms with Crippen LogP contribution in [-0.4, -0.2) is 5.91 Å². The standard InChI is InChI=1S/C15H11F2N3O/c16-12-7-10(8-13(17)14(12)19)15(21)20-11-3-1-9(2-4-11)5-6-18/h1-4,7-8H,5,19H2,(H,20,21). The molecule has 0 aliphatic heterocycles. The normalized spacial score (nSPS) is 9.95. The van der Waals surface area contributed by atoms with Crippen LogP contribution in [0, 0.1) is 23.0 Å². The van der Waals surface area contributed by atoms with Crippen molar-refractivity contribution in [3.8, 4) is 6.07 Å². The third-order valence-electron chi connectivity index (χ3n) is 2.84. The summed E-state index contributed by atoms with van der Waals surface area (Å²) in [6.07, 6.45) is 0.266. The SMILES string of the molecule is N#CCc1ccc(NC(=O)c2cc(F)c(N)c(F)c2)cc1. The molecule has 2 rings (SSSR count). The minimum absolute atomic E-state index is 0.166. The second-order valence-corrected chi connectivity index (χ2v) is 4.34. The molecule has 4 nitrogen and oxygen atoms in total. The van der Waals surface area contributed by atoms with Crippen molar-refractivity contribution in [3.63, 3.8) is 0 Å². The highest BCUT2D eigenvalue weighted by atomic mass is 19.1. The Morgan fingerprint density at radius 2 is 1.76 bits per heavy atom. The van der Waals surface area contributed by atoms with Crippen LogP contribution >= 0.6 is 0 Å². The van der Waals surface area contributed by atoms with Crippen LogP contribution in [0.25, 0.3) is 0 Å². The molecule has 0 radical (unpaired) electrons. The number of nitriles is 1. The number of amides is 1. The van der Waals surface area contributed by atoms with Crippen molar-refractivity contribution in [3.05, 3.63) is 59.2 Å². The van der Waals surface area contributed by atoms with Gasteiger partial charge in [0.2, 0.25) is 0 Å². The Balaban J connectivity index is 2.16. The molecule has 0 bridgehead atoms. The lowest BCUT2D eigenvalue weighted by Gasteiger charge is -2.07. The first-order valence-electron chi connectivity index (χ1n) is 6.03. The summed E-state index contributed by atoms with van der Waals surface area (Å²) in [5.41, 5.74) is 5.62. The molecule has 0 aliphatic carbocycles. The van der Waals surface area contributed by atoms with Gasteiger partial charge in [-0.25, -0.2) is 8.78 Å². The number of carbonyl (C=O) groups is 1. The van der Waals surface area contributed by atoms with E-state index in [-0.39, 0.29) is 12.0 Å². The fraction of sp³-hybridized carbons (Fsp3) is 0.0667. The molecule has 3 N–H and O–H groups in total. The van der Waals surface area contributed by atoms with Crippen molar-refractivity contribution in [1.82, 2.24) is 0 Å². The molecule has 6 heteroatoms. The number of hydrogen-bond donors (Lipinski definition) is 2. The third-order valence-corrected chi connectivity index (χ3v) is 2.84. The lowest BCUT2D eigenvalue weighted by Crippen LogP contribution is -2.13. The molecule has 21 heavy (non-hydrogen) atoms. The number of hydrogen-bond acceptors (Lipinski definition) is 3. The summed E-state index contributed by atoms with van der Waals surface area (Å²) in [4.78, 5) is 11.9. The number of anilines is 2. The van der Waals surface area contributed by atoms with Gasteiger partial charge in [0.05, 0.1) is 12.5 Å². The first-order valence-corrected chi connectivity index (χ1v) is 6.03. The van der Waals surface area contributed by atoms with Crippen LogP contribution in [0.3, 0.4) is 0 Å². The zero-order valence-electron chi connectivity index (χ0n) is 10.9. The van der Waals surface area contributed by atoms with Crippen molar-refractivity contribution >= 4 is 17.3 Å². The molecule has 2 aromatic rings. The zero-order chi connectivity index (χ0) is 15.4. The first kappa shape index (κ1) is 14.5. The number of nitrogens with one attached hydrogen (secondary N) is 1. The van der Waals surface area contributed by atoms with Gasteiger partial charge in [-0.15, -0.1) is 0 Å². The van der Waals surface area contributed by atoms with Gasteiger partial charge in [0.1, 0.15) is 17.3 Å². The number of nitrogens with two attached hydrogens (primary N) is 1. The molecule has 0 spiro atoms. The molecular weight excluding hydrogens is 276 g/mol. The molecule has 0 fully saturated rings. The smallest absolute Gasteiger partial charge is 0.255 e. The van der Waals surface area contributed by atoms with Gasteiger partial charge in [-0.3, -0.25) is 4.79 Å². The fourth-order valence-electron chi connectivity index (χ4n) is 1.72. The van der Waals surface area contributed by atoms with E-state index in [0.717, 1.165) is 17.7 Å². The van der Waals surface area contributed by atoms with Crippen LogP contribution in [0.1, 0.15) is 15.9 Å². The zero-order valence-corrected chi connectivity index (χ0v) is 10.9. The van der Waals surface area contributed by atoms with E-state index >= 15 is 0 Å². The average Bonchev–Trinajstić information content (AvgIpc) is 2.46. The fourth-order valence-corrected chi connectivity index (χ4v) is 1.72. The molecule has 0 heterocycles. The summed E-state index contributed by atoms with van der Waals surface area (Å²) in [6.45, 7) is 0. The molecule has 1 amide bonds. The van der Waals surface area contributed by atoms with Crippen molar-refractivity contribution in [2.75, 3.05) is 11.1 Å². The molecular formula is C15H11F2N3O.